The van der Waals surface area contributed by atoms with Crippen molar-refractivity contribution >= 4 is 17.7 Å². The summed E-state index contributed by atoms with van der Waals surface area (Å²) in [6.45, 7) is 5.42. The summed E-state index contributed by atoms with van der Waals surface area (Å²) in [5.74, 6) is -0.561. The molecule has 0 atom stereocenters. The lowest BCUT2D eigenvalue weighted by atomic mass is 10.1. The number of hydrogen-bond donors (Lipinski definition) is 1. The third-order valence-corrected chi connectivity index (χ3v) is 2.47. The number of aryl methyl sites for hydroxylation is 1. The molecule has 0 spiro atoms. The molecule has 0 bridgehead atoms. The molecular weight excluding hydrogens is 234 g/mol. The molecule has 98 valence electrons. The molecule has 1 aromatic carbocycles. The summed E-state index contributed by atoms with van der Waals surface area (Å²) in [6, 6.07) is 5.56. The SMILES string of the molecule is CCOC(=O)COC(=O)Nc1cccc(C)c1C. The highest BCUT2D eigenvalue weighted by Crippen LogP contribution is 2.17. The molecule has 0 aliphatic rings. The van der Waals surface area contributed by atoms with Gasteiger partial charge in [0.05, 0.1) is 6.61 Å². The topological polar surface area (TPSA) is 64.6 Å². The quantitative estimate of drug-likeness (QED) is 0.834. The molecular formula is C13H17NO4. The number of ether oxygens (including phenoxy) is 2. The second-order valence-corrected chi connectivity index (χ2v) is 3.75. The van der Waals surface area contributed by atoms with Crippen molar-refractivity contribution in [3.05, 3.63) is 29.3 Å². The number of anilines is 1. The van der Waals surface area contributed by atoms with Crippen molar-refractivity contribution in [3.8, 4) is 0 Å². The molecule has 5 nitrogen and oxygen atoms in total. The second kappa shape index (κ2) is 6.64. The molecule has 1 aromatic rings. The van der Waals surface area contributed by atoms with Gasteiger partial charge >= 0.3 is 12.1 Å². The van der Waals surface area contributed by atoms with Gasteiger partial charge in [-0.25, -0.2) is 9.59 Å². The summed E-state index contributed by atoms with van der Waals surface area (Å²) < 4.78 is 9.37. The van der Waals surface area contributed by atoms with E-state index in [0.29, 0.717) is 5.69 Å². The Morgan fingerprint density at radius 1 is 1.22 bits per heavy atom. The lowest BCUT2D eigenvalue weighted by Crippen LogP contribution is -2.20. The van der Waals surface area contributed by atoms with E-state index in [2.05, 4.69) is 10.1 Å². The predicted molar refractivity (Wildman–Crippen MR) is 67.5 cm³/mol. The molecule has 1 N–H and O–H groups in total. The van der Waals surface area contributed by atoms with Gasteiger partial charge in [-0.15, -0.1) is 0 Å². The van der Waals surface area contributed by atoms with E-state index in [-0.39, 0.29) is 13.2 Å². The maximum Gasteiger partial charge on any atom is 0.412 e. The molecule has 0 saturated carbocycles. The Balaban J connectivity index is 2.50. The largest absolute Gasteiger partial charge is 0.463 e. The number of nitrogens with one attached hydrogen (secondary N) is 1. The van der Waals surface area contributed by atoms with Crippen molar-refractivity contribution in [2.24, 2.45) is 0 Å². The van der Waals surface area contributed by atoms with Crippen LogP contribution in [-0.4, -0.2) is 25.3 Å². The van der Waals surface area contributed by atoms with Crippen LogP contribution in [-0.2, 0) is 14.3 Å². The van der Waals surface area contributed by atoms with Crippen LogP contribution in [0.5, 0.6) is 0 Å². The molecule has 0 saturated heterocycles. The lowest BCUT2D eigenvalue weighted by Gasteiger charge is -2.10. The van der Waals surface area contributed by atoms with Gasteiger partial charge in [-0.05, 0) is 38.0 Å². The van der Waals surface area contributed by atoms with Crippen molar-refractivity contribution in [1.29, 1.82) is 0 Å². The Bertz CT molecular complexity index is 443. The third kappa shape index (κ3) is 4.08. The maximum absolute atomic E-state index is 11.4. The first kappa shape index (κ1) is 14.0. The monoisotopic (exact) mass is 251 g/mol. The molecule has 0 aliphatic heterocycles. The fourth-order valence-corrected chi connectivity index (χ4v) is 1.36. The summed E-state index contributed by atoms with van der Waals surface area (Å²) >= 11 is 0. The summed E-state index contributed by atoms with van der Waals surface area (Å²) in [4.78, 5) is 22.4. The number of rotatable bonds is 4. The Kier molecular flexibility index (Phi) is 5.17. The Labute approximate surface area is 106 Å². The molecule has 0 radical (unpaired) electrons. The van der Waals surface area contributed by atoms with Crippen molar-refractivity contribution < 1.29 is 19.1 Å². The Morgan fingerprint density at radius 3 is 2.61 bits per heavy atom. The van der Waals surface area contributed by atoms with Crippen molar-refractivity contribution in [1.82, 2.24) is 0 Å². The zero-order chi connectivity index (χ0) is 13.5. The van der Waals surface area contributed by atoms with Crippen LogP contribution in [0, 0.1) is 13.8 Å². The highest BCUT2D eigenvalue weighted by molar-refractivity contribution is 5.87. The fraction of sp³-hybridized carbons (Fsp3) is 0.385. The van der Waals surface area contributed by atoms with Crippen molar-refractivity contribution in [2.45, 2.75) is 20.8 Å². The minimum Gasteiger partial charge on any atom is -0.463 e. The minimum absolute atomic E-state index is 0.265. The number of amides is 1. The maximum atomic E-state index is 11.4. The van der Waals surface area contributed by atoms with Crippen LogP contribution in [0.4, 0.5) is 10.5 Å². The predicted octanol–water partition coefficient (Wildman–Crippen LogP) is 2.42. The van der Waals surface area contributed by atoms with E-state index in [9.17, 15) is 9.59 Å². The van der Waals surface area contributed by atoms with Crippen LogP contribution >= 0.6 is 0 Å². The summed E-state index contributed by atoms with van der Waals surface area (Å²) in [6.07, 6.45) is -0.670. The molecule has 0 aromatic heterocycles. The molecule has 1 amide bonds. The first-order valence-electron chi connectivity index (χ1n) is 5.70. The normalized spacial score (nSPS) is 9.72. The van der Waals surface area contributed by atoms with E-state index >= 15 is 0 Å². The van der Waals surface area contributed by atoms with Gasteiger partial charge in [0.15, 0.2) is 6.61 Å². The fourth-order valence-electron chi connectivity index (χ4n) is 1.36. The van der Waals surface area contributed by atoms with Gasteiger partial charge in [-0.2, -0.15) is 0 Å². The highest BCUT2D eigenvalue weighted by atomic mass is 16.6. The molecule has 1 rings (SSSR count). The average Bonchev–Trinajstić information content (AvgIpc) is 2.33. The zero-order valence-corrected chi connectivity index (χ0v) is 10.8. The van der Waals surface area contributed by atoms with Crippen LogP contribution in [0.2, 0.25) is 0 Å². The first-order chi connectivity index (χ1) is 8.54. The second-order valence-electron chi connectivity index (χ2n) is 3.75. The molecule has 18 heavy (non-hydrogen) atoms. The standard InChI is InChI=1S/C13H17NO4/c1-4-17-12(15)8-18-13(16)14-11-7-5-6-9(2)10(11)3/h5-7H,4,8H2,1-3H3,(H,14,16). The van der Waals surface area contributed by atoms with Crippen LogP contribution in [0.3, 0.4) is 0 Å². The summed E-state index contributed by atoms with van der Waals surface area (Å²) in [7, 11) is 0. The zero-order valence-electron chi connectivity index (χ0n) is 10.8. The summed E-state index contributed by atoms with van der Waals surface area (Å²) in [5, 5.41) is 2.58. The van der Waals surface area contributed by atoms with E-state index < -0.39 is 12.1 Å². The van der Waals surface area contributed by atoms with E-state index in [0.717, 1.165) is 11.1 Å². The van der Waals surface area contributed by atoms with Gasteiger partial charge in [0.25, 0.3) is 0 Å². The van der Waals surface area contributed by atoms with Crippen molar-refractivity contribution in [2.75, 3.05) is 18.5 Å². The van der Waals surface area contributed by atoms with E-state index in [1.807, 2.05) is 26.0 Å². The van der Waals surface area contributed by atoms with Crippen LogP contribution in [0.1, 0.15) is 18.1 Å². The molecule has 0 aliphatic carbocycles. The van der Waals surface area contributed by atoms with Crippen LogP contribution in [0.15, 0.2) is 18.2 Å². The van der Waals surface area contributed by atoms with Gasteiger partial charge in [-0.1, -0.05) is 12.1 Å². The van der Waals surface area contributed by atoms with E-state index in [1.165, 1.54) is 0 Å². The van der Waals surface area contributed by atoms with Gasteiger partial charge in [0, 0.05) is 5.69 Å². The molecule has 0 fully saturated rings. The highest BCUT2D eigenvalue weighted by Gasteiger charge is 2.09. The lowest BCUT2D eigenvalue weighted by molar-refractivity contribution is -0.146. The molecule has 0 unspecified atom stereocenters. The number of hydrogen-bond acceptors (Lipinski definition) is 4. The summed E-state index contributed by atoms with van der Waals surface area (Å²) in [5.41, 5.74) is 2.70. The third-order valence-electron chi connectivity index (χ3n) is 2.47. The number of benzene rings is 1. The van der Waals surface area contributed by atoms with Gasteiger partial charge in [0.2, 0.25) is 0 Å². The Morgan fingerprint density at radius 2 is 1.94 bits per heavy atom. The Hall–Kier alpha value is -2.04. The minimum atomic E-state index is -0.670. The number of carbonyl (C=O) groups is 2. The number of esters is 1. The van der Waals surface area contributed by atoms with Gasteiger partial charge < -0.3 is 9.47 Å². The number of carbonyl (C=O) groups excluding carboxylic acids is 2. The smallest absolute Gasteiger partial charge is 0.412 e. The van der Waals surface area contributed by atoms with Crippen LogP contribution < -0.4 is 5.32 Å². The van der Waals surface area contributed by atoms with Crippen molar-refractivity contribution in [3.63, 3.8) is 0 Å². The van der Waals surface area contributed by atoms with E-state index in [1.54, 1.807) is 13.0 Å². The van der Waals surface area contributed by atoms with Gasteiger partial charge in [-0.3, -0.25) is 5.32 Å². The molecule has 5 heteroatoms. The van der Waals surface area contributed by atoms with Gasteiger partial charge in [0.1, 0.15) is 0 Å². The average molecular weight is 251 g/mol. The van der Waals surface area contributed by atoms with E-state index in [4.69, 9.17) is 4.74 Å². The first-order valence-corrected chi connectivity index (χ1v) is 5.70. The molecule has 0 heterocycles. The van der Waals surface area contributed by atoms with Crippen LogP contribution in [0.25, 0.3) is 0 Å².